The van der Waals surface area contributed by atoms with E-state index in [1.54, 1.807) is 0 Å². The summed E-state index contributed by atoms with van der Waals surface area (Å²) in [5.74, 6) is -1.59. The van der Waals surface area contributed by atoms with E-state index < -0.39 is 11.9 Å². The molecule has 6 nitrogen and oxygen atoms in total. The van der Waals surface area contributed by atoms with E-state index in [-0.39, 0.29) is 0 Å². The van der Waals surface area contributed by atoms with Crippen molar-refractivity contribution in [2.75, 3.05) is 25.9 Å². The quantitative estimate of drug-likeness (QED) is 0.423. The number of hydrogen-bond acceptors (Lipinski definition) is 5. The lowest BCUT2D eigenvalue weighted by atomic mass is 9.88. The number of rotatable bonds is 8. The molecule has 1 aliphatic carbocycles. The lowest BCUT2D eigenvalue weighted by molar-refractivity contribution is -0.134. The van der Waals surface area contributed by atoms with E-state index in [9.17, 15) is 9.59 Å². The molecule has 0 spiro atoms. The lowest BCUT2D eigenvalue weighted by Crippen LogP contribution is -2.40. The van der Waals surface area contributed by atoms with Gasteiger partial charge < -0.3 is 15.5 Å². The third-order valence-electron chi connectivity index (χ3n) is 5.70. The summed E-state index contributed by atoms with van der Waals surface area (Å²) in [6, 6.07) is 9.68. The Balaban J connectivity index is 0.000000343. The molecule has 1 aromatic rings. The molecule has 0 radical (unpaired) electrons. The van der Waals surface area contributed by atoms with Crippen molar-refractivity contribution >= 4 is 23.7 Å². The monoisotopic (exact) mass is 434 g/mol. The van der Waals surface area contributed by atoms with E-state index in [1.165, 1.54) is 68.6 Å². The molecule has 3 rings (SSSR count). The molecule has 2 aliphatic rings. The van der Waals surface area contributed by atoms with Crippen molar-refractivity contribution in [1.82, 2.24) is 10.2 Å². The van der Waals surface area contributed by atoms with Crippen LogP contribution in [0.3, 0.4) is 0 Å². The fourth-order valence-corrected chi connectivity index (χ4v) is 4.80. The largest absolute Gasteiger partial charge is 0.478 e. The van der Waals surface area contributed by atoms with Gasteiger partial charge in [-0.05, 0) is 49.6 Å². The van der Waals surface area contributed by atoms with Gasteiger partial charge in [0.25, 0.3) is 0 Å². The van der Waals surface area contributed by atoms with Crippen LogP contribution in [0.15, 0.2) is 41.3 Å². The van der Waals surface area contributed by atoms with Crippen LogP contribution in [0.5, 0.6) is 0 Å². The molecule has 1 aliphatic heterocycles. The van der Waals surface area contributed by atoms with Gasteiger partial charge >= 0.3 is 11.9 Å². The number of nitrogens with zero attached hydrogens (tertiary/aromatic N) is 1. The molecule has 166 valence electrons. The van der Waals surface area contributed by atoms with Crippen molar-refractivity contribution < 1.29 is 19.8 Å². The standard InChI is InChI=1S/C19H30N2S.C4H4O4/c1-22-19-10-6-5-9-17(19)15-21(18-11-12-20-13-18)14-16-7-3-2-4-8-16;5-3(6)1-2-4(7)8/h5-6,9-10,16,18,20H,2-4,7-8,11-15H2,1H3;1-2H,(H,5,6)(H,7,8)/t18-;/m0./s1. The zero-order valence-corrected chi connectivity index (χ0v) is 18.6. The third kappa shape index (κ3) is 8.90. The Kier molecular flexibility index (Phi) is 11.0. The minimum Gasteiger partial charge on any atom is -0.478 e. The van der Waals surface area contributed by atoms with Gasteiger partial charge in [0.15, 0.2) is 0 Å². The Hall–Kier alpha value is -1.83. The first-order valence-corrected chi connectivity index (χ1v) is 11.9. The Labute approximate surface area is 183 Å². The predicted molar refractivity (Wildman–Crippen MR) is 121 cm³/mol. The fraction of sp³-hybridized carbons (Fsp3) is 0.565. The number of carbonyl (C=O) groups is 2. The van der Waals surface area contributed by atoms with Crippen LogP contribution < -0.4 is 5.32 Å². The van der Waals surface area contributed by atoms with Crippen LogP contribution in [0.2, 0.25) is 0 Å². The molecule has 0 bridgehead atoms. The van der Waals surface area contributed by atoms with E-state index in [0.29, 0.717) is 12.2 Å². The second-order valence-electron chi connectivity index (χ2n) is 7.90. The first-order chi connectivity index (χ1) is 14.5. The molecule has 2 fully saturated rings. The maximum absolute atomic E-state index is 9.55. The van der Waals surface area contributed by atoms with Crippen molar-refractivity contribution in [2.24, 2.45) is 5.92 Å². The number of aliphatic carboxylic acids is 2. The minimum atomic E-state index is -1.26. The molecule has 1 saturated heterocycles. The average Bonchev–Trinajstić information content (AvgIpc) is 3.28. The highest BCUT2D eigenvalue weighted by atomic mass is 32.2. The van der Waals surface area contributed by atoms with E-state index >= 15 is 0 Å². The summed E-state index contributed by atoms with van der Waals surface area (Å²) >= 11 is 1.88. The molecule has 1 saturated carbocycles. The smallest absolute Gasteiger partial charge is 0.328 e. The van der Waals surface area contributed by atoms with Gasteiger partial charge in [-0.15, -0.1) is 11.8 Å². The molecule has 0 amide bonds. The number of thioether (sulfide) groups is 1. The SMILES string of the molecule is CSc1ccccc1CN(CC1CCCCC1)[C@H]1CCNC1.O=C(O)C=CC(=O)O. The van der Waals surface area contributed by atoms with Gasteiger partial charge in [-0.2, -0.15) is 0 Å². The molecule has 7 heteroatoms. The molecule has 3 N–H and O–H groups in total. The topological polar surface area (TPSA) is 89.9 Å². The van der Waals surface area contributed by atoms with Crippen LogP contribution in [-0.4, -0.2) is 59.0 Å². The molecular formula is C23H34N2O4S. The van der Waals surface area contributed by atoms with E-state index in [1.807, 2.05) is 11.8 Å². The Bertz CT molecular complexity index is 682. The molecule has 1 heterocycles. The van der Waals surface area contributed by atoms with E-state index in [2.05, 4.69) is 40.7 Å². The highest BCUT2D eigenvalue weighted by Crippen LogP contribution is 2.28. The number of carboxylic acid groups (broad SMARTS) is 2. The second kappa shape index (κ2) is 13.5. The summed E-state index contributed by atoms with van der Waals surface area (Å²) in [4.78, 5) is 23.3. The average molecular weight is 435 g/mol. The van der Waals surface area contributed by atoms with Crippen LogP contribution in [0.1, 0.15) is 44.1 Å². The van der Waals surface area contributed by atoms with Crippen LogP contribution in [0, 0.1) is 5.92 Å². The number of carboxylic acids is 2. The van der Waals surface area contributed by atoms with E-state index in [0.717, 1.165) is 18.5 Å². The van der Waals surface area contributed by atoms with Gasteiger partial charge in [0.1, 0.15) is 0 Å². The van der Waals surface area contributed by atoms with Gasteiger partial charge in [0.2, 0.25) is 0 Å². The highest BCUT2D eigenvalue weighted by molar-refractivity contribution is 7.98. The maximum Gasteiger partial charge on any atom is 0.328 e. The Morgan fingerprint density at radius 3 is 2.33 bits per heavy atom. The summed E-state index contributed by atoms with van der Waals surface area (Å²) in [7, 11) is 0. The van der Waals surface area contributed by atoms with Gasteiger partial charge in [0, 0.05) is 42.7 Å². The van der Waals surface area contributed by atoms with Crippen LogP contribution in [0.25, 0.3) is 0 Å². The number of benzene rings is 1. The molecule has 1 atom stereocenters. The second-order valence-corrected chi connectivity index (χ2v) is 8.75. The van der Waals surface area contributed by atoms with Crippen LogP contribution >= 0.6 is 11.8 Å². The molecular weight excluding hydrogens is 400 g/mol. The Morgan fingerprint density at radius 2 is 1.77 bits per heavy atom. The lowest BCUT2D eigenvalue weighted by Gasteiger charge is -2.34. The van der Waals surface area contributed by atoms with Gasteiger partial charge in [-0.1, -0.05) is 37.5 Å². The summed E-state index contributed by atoms with van der Waals surface area (Å²) in [5.41, 5.74) is 1.51. The van der Waals surface area contributed by atoms with Crippen molar-refractivity contribution in [2.45, 2.75) is 56.0 Å². The van der Waals surface area contributed by atoms with Crippen molar-refractivity contribution in [1.29, 1.82) is 0 Å². The number of nitrogens with one attached hydrogen (secondary N) is 1. The third-order valence-corrected chi connectivity index (χ3v) is 6.54. The fourth-order valence-electron chi connectivity index (χ4n) is 4.19. The highest BCUT2D eigenvalue weighted by Gasteiger charge is 2.26. The summed E-state index contributed by atoms with van der Waals surface area (Å²) in [6.07, 6.45) is 11.9. The van der Waals surface area contributed by atoms with Gasteiger partial charge in [-0.25, -0.2) is 9.59 Å². The summed E-state index contributed by atoms with van der Waals surface area (Å²) < 4.78 is 0. The zero-order chi connectivity index (χ0) is 21.8. The first-order valence-electron chi connectivity index (χ1n) is 10.7. The van der Waals surface area contributed by atoms with Crippen molar-refractivity contribution in [3.8, 4) is 0 Å². The molecule has 1 aromatic carbocycles. The maximum atomic E-state index is 9.55. The minimum absolute atomic E-state index is 0.558. The van der Waals surface area contributed by atoms with E-state index in [4.69, 9.17) is 10.2 Å². The first kappa shape index (κ1) is 24.4. The van der Waals surface area contributed by atoms with Crippen molar-refractivity contribution in [3.63, 3.8) is 0 Å². The van der Waals surface area contributed by atoms with Crippen LogP contribution in [0.4, 0.5) is 0 Å². The molecule has 0 unspecified atom stereocenters. The van der Waals surface area contributed by atoms with Gasteiger partial charge in [0.05, 0.1) is 0 Å². The Morgan fingerprint density at radius 1 is 1.10 bits per heavy atom. The van der Waals surface area contributed by atoms with Crippen molar-refractivity contribution in [3.05, 3.63) is 42.0 Å². The van der Waals surface area contributed by atoms with Gasteiger partial charge in [-0.3, -0.25) is 4.90 Å². The molecule has 0 aromatic heterocycles. The summed E-state index contributed by atoms with van der Waals surface area (Å²) in [5, 5.41) is 19.2. The zero-order valence-electron chi connectivity index (χ0n) is 17.8. The normalized spacial score (nSPS) is 19.6. The molecule has 30 heavy (non-hydrogen) atoms. The van der Waals surface area contributed by atoms with Crippen LogP contribution in [-0.2, 0) is 16.1 Å². The predicted octanol–water partition coefficient (Wildman–Crippen LogP) is 3.86. The summed E-state index contributed by atoms with van der Waals surface area (Å²) in [6.45, 7) is 4.79. The number of hydrogen-bond donors (Lipinski definition) is 3.